The molecule has 0 spiro atoms. The molecule has 0 aromatic heterocycles. The van der Waals surface area contributed by atoms with E-state index in [0.29, 0.717) is 35.5 Å². The van der Waals surface area contributed by atoms with Gasteiger partial charge in [-0.3, -0.25) is 0 Å². The van der Waals surface area contributed by atoms with E-state index in [4.69, 9.17) is 0 Å². The molecule has 4 aliphatic carbocycles. The molecule has 2 aromatic rings. The standard InChI is InChI=1S/C40H50Si2/c1-41(2,3)39-35-27-17-15-25-33(37(39)29-19-9-7-10-20-29)31(35)23-13-14-24-32-34-26-16-18-28-36(32)40(42(4,5)6)38(34)30-21-11-8-12-22-30/h7-12,15-22,25-28,31-36H,13-14,23-24H2,1-6H3. The molecule has 6 rings (SSSR count). The molecule has 6 atom stereocenters. The smallest absolute Gasteiger partial charge is 0.0736 e. The monoisotopic (exact) mass is 586 g/mol. The van der Waals surface area contributed by atoms with Crippen LogP contribution in [0.5, 0.6) is 0 Å². The van der Waals surface area contributed by atoms with E-state index in [9.17, 15) is 0 Å². The normalized spacial score (nSPS) is 28.5. The Labute approximate surface area is 257 Å². The molecule has 4 aliphatic rings. The first-order chi connectivity index (χ1) is 20.2. The second-order valence-corrected chi connectivity index (χ2v) is 25.2. The van der Waals surface area contributed by atoms with Crippen molar-refractivity contribution in [3.8, 4) is 0 Å². The van der Waals surface area contributed by atoms with Gasteiger partial charge < -0.3 is 0 Å². The lowest BCUT2D eigenvalue weighted by molar-refractivity contribution is 0.342. The Morgan fingerprint density at radius 3 is 1.12 bits per heavy atom. The Morgan fingerprint density at radius 2 is 0.786 bits per heavy atom. The molecule has 0 radical (unpaired) electrons. The molecule has 0 nitrogen and oxygen atoms in total. The number of benzene rings is 2. The summed E-state index contributed by atoms with van der Waals surface area (Å²) in [5, 5.41) is 3.61. The fraction of sp³-hybridized carbons (Fsp3) is 0.400. The molecule has 0 amide bonds. The molecule has 0 heterocycles. The Kier molecular flexibility index (Phi) is 8.24. The molecule has 6 unspecified atom stereocenters. The largest absolute Gasteiger partial charge is 0.0774 e. The summed E-state index contributed by atoms with van der Waals surface area (Å²) in [6.07, 6.45) is 24.8. The topological polar surface area (TPSA) is 0 Å². The SMILES string of the molecule is C[Si](C)(C)C1=C(c2ccccc2)C2C=CC=CC1C2CCCCC1C2C=CC=CC1C([Si](C)(C)C)=C2c1ccccc1. The lowest BCUT2D eigenvalue weighted by Crippen LogP contribution is -2.29. The van der Waals surface area contributed by atoms with E-state index < -0.39 is 16.1 Å². The van der Waals surface area contributed by atoms with Gasteiger partial charge in [0.2, 0.25) is 0 Å². The van der Waals surface area contributed by atoms with Gasteiger partial charge in [0.1, 0.15) is 0 Å². The van der Waals surface area contributed by atoms with Gasteiger partial charge in [-0.15, -0.1) is 0 Å². The molecular formula is C40H50Si2. The number of allylic oxidation sites excluding steroid dienone is 12. The third kappa shape index (κ3) is 5.53. The zero-order valence-corrected chi connectivity index (χ0v) is 28.7. The van der Waals surface area contributed by atoms with Crippen molar-refractivity contribution in [1.29, 1.82) is 0 Å². The fourth-order valence-electron chi connectivity index (χ4n) is 8.93. The van der Waals surface area contributed by atoms with Gasteiger partial charge in [0.05, 0.1) is 16.1 Å². The number of hydrogen-bond acceptors (Lipinski definition) is 0. The van der Waals surface area contributed by atoms with Crippen LogP contribution >= 0.6 is 0 Å². The van der Waals surface area contributed by atoms with Crippen molar-refractivity contribution in [3.63, 3.8) is 0 Å². The van der Waals surface area contributed by atoms with Crippen LogP contribution in [0.15, 0.2) is 120 Å². The summed E-state index contributed by atoms with van der Waals surface area (Å²) in [7, 11) is -3.00. The van der Waals surface area contributed by atoms with E-state index in [1.807, 2.05) is 0 Å². The number of unbranched alkanes of at least 4 members (excludes halogenated alkanes) is 1. The van der Waals surface area contributed by atoms with Crippen molar-refractivity contribution < 1.29 is 0 Å². The van der Waals surface area contributed by atoms with Gasteiger partial charge in [0, 0.05) is 11.8 Å². The Hall–Kier alpha value is -2.69. The van der Waals surface area contributed by atoms with Crippen LogP contribution in [-0.4, -0.2) is 16.1 Å². The summed E-state index contributed by atoms with van der Waals surface area (Å²) in [6.45, 7) is 15.4. The summed E-state index contributed by atoms with van der Waals surface area (Å²) >= 11 is 0. The number of rotatable bonds is 9. The van der Waals surface area contributed by atoms with Crippen molar-refractivity contribution in [3.05, 3.63) is 131 Å². The first-order valence-corrected chi connectivity index (χ1v) is 23.5. The number of hydrogen-bond donors (Lipinski definition) is 0. The molecule has 2 aromatic carbocycles. The highest BCUT2D eigenvalue weighted by Gasteiger charge is 2.46. The van der Waals surface area contributed by atoms with Gasteiger partial charge in [-0.2, -0.15) is 0 Å². The minimum atomic E-state index is -1.50. The third-order valence-corrected chi connectivity index (χ3v) is 14.8. The van der Waals surface area contributed by atoms with Crippen LogP contribution in [-0.2, 0) is 0 Å². The third-order valence-electron chi connectivity index (χ3n) is 10.4. The van der Waals surface area contributed by atoms with Crippen LogP contribution in [0.1, 0.15) is 36.8 Å². The van der Waals surface area contributed by atoms with Crippen LogP contribution in [0.3, 0.4) is 0 Å². The summed E-state index contributed by atoms with van der Waals surface area (Å²) in [5.41, 5.74) is 6.25. The van der Waals surface area contributed by atoms with Crippen LogP contribution in [0.2, 0.25) is 39.3 Å². The Morgan fingerprint density at radius 1 is 0.452 bits per heavy atom. The average Bonchev–Trinajstić information content (AvgIpc) is 3.22. The van der Waals surface area contributed by atoms with Gasteiger partial charge in [0.25, 0.3) is 0 Å². The van der Waals surface area contributed by atoms with Crippen LogP contribution in [0, 0.1) is 35.5 Å². The molecule has 0 saturated heterocycles. The van der Waals surface area contributed by atoms with E-state index in [1.54, 1.807) is 21.5 Å². The second kappa shape index (κ2) is 11.8. The highest BCUT2D eigenvalue weighted by molar-refractivity contribution is 6.84. The summed E-state index contributed by atoms with van der Waals surface area (Å²) in [4.78, 5) is 0. The van der Waals surface area contributed by atoms with Crippen molar-refractivity contribution in [2.45, 2.75) is 65.0 Å². The van der Waals surface area contributed by atoms with Crippen molar-refractivity contribution in [2.75, 3.05) is 0 Å². The first-order valence-electron chi connectivity index (χ1n) is 16.5. The minimum Gasteiger partial charge on any atom is -0.0774 e. The summed E-state index contributed by atoms with van der Waals surface area (Å²) in [6, 6.07) is 22.7. The first kappa shape index (κ1) is 29.4. The fourth-order valence-corrected chi connectivity index (χ4v) is 13.8. The second-order valence-electron chi connectivity index (χ2n) is 15.1. The van der Waals surface area contributed by atoms with Gasteiger partial charge in [-0.1, -0.05) is 172 Å². The van der Waals surface area contributed by atoms with Crippen molar-refractivity contribution in [2.24, 2.45) is 35.5 Å². The maximum Gasteiger partial charge on any atom is 0.0736 e. The molecule has 0 N–H and O–H groups in total. The molecule has 0 fully saturated rings. The van der Waals surface area contributed by atoms with E-state index in [2.05, 4.69) is 149 Å². The van der Waals surface area contributed by atoms with E-state index in [1.165, 1.54) is 36.8 Å². The van der Waals surface area contributed by atoms with Gasteiger partial charge >= 0.3 is 0 Å². The van der Waals surface area contributed by atoms with Crippen LogP contribution < -0.4 is 0 Å². The quantitative estimate of drug-likeness (QED) is 0.202. The molecule has 218 valence electrons. The molecule has 0 saturated carbocycles. The van der Waals surface area contributed by atoms with Crippen molar-refractivity contribution in [1.82, 2.24) is 0 Å². The molecular weight excluding hydrogens is 537 g/mol. The summed E-state index contributed by atoms with van der Waals surface area (Å²) < 4.78 is 0. The van der Waals surface area contributed by atoms with Gasteiger partial charge in [-0.25, -0.2) is 0 Å². The zero-order valence-electron chi connectivity index (χ0n) is 26.7. The summed E-state index contributed by atoms with van der Waals surface area (Å²) in [5.74, 6) is 3.65. The minimum absolute atomic E-state index is 0.541. The highest BCUT2D eigenvalue weighted by Crippen LogP contribution is 2.55. The predicted octanol–water partition coefficient (Wildman–Crippen LogP) is 11.2. The van der Waals surface area contributed by atoms with Gasteiger partial charge in [0.15, 0.2) is 0 Å². The lowest BCUT2D eigenvalue weighted by atomic mass is 9.79. The zero-order chi connectivity index (χ0) is 29.5. The highest BCUT2D eigenvalue weighted by atomic mass is 28.3. The lowest BCUT2D eigenvalue weighted by Gasteiger charge is -2.29. The van der Waals surface area contributed by atoms with Crippen molar-refractivity contribution >= 4 is 27.3 Å². The Bertz CT molecular complexity index is 1340. The molecule has 0 aliphatic heterocycles. The molecule has 2 heteroatoms. The molecule has 42 heavy (non-hydrogen) atoms. The van der Waals surface area contributed by atoms with E-state index >= 15 is 0 Å². The Balaban J connectivity index is 1.22. The van der Waals surface area contributed by atoms with Crippen LogP contribution in [0.25, 0.3) is 11.1 Å². The molecule has 4 bridgehead atoms. The average molecular weight is 587 g/mol. The maximum absolute atomic E-state index is 2.56. The number of fused-ring (bicyclic) bond motifs is 4. The van der Waals surface area contributed by atoms with E-state index in [-0.39, 0.29) is 0 Å². The van der Waals surface area contributed by atoms with E-state index in [0.717, 1.165) is 0 Å². The van der Waals surface area contributed by atoms with Gasteiger partial charge in [-0.05, 0) is 58.8 Å². The maximum atomic E-state index is 2.56. The van der Waals surface area contributed by atoms with Crippen LogP contribution in [0.4, 0.5) is 0 Å². The predicted molar refractivity (Wildman–Crippen MR) is 189 cm³/mol.